The molecule has 1 unspecified atom stereocenters. The minimum atomic E-state index is -0.439. The summed E-state index contributed by atoms with van der Waals surface area (Å²) in [5.41, 5.74) is 0.993. The molecule has 9 bridgehead atoms. The van der Waals surface area contributed by atoms with E-state index in [2.05, 4.69) is 18.4 Å². The second-order valence-electron chi connectivity index (χ2n) is 10.5. The number of piperidine rings is 2. The van der Waals surface area contributed by atoms with Crippen LogP contribution in [0, 0.1) is 39.9 Å². The van der Waals surface area contributed by atoms with Crippen LogP contribution in [0.15, 0.2) is 12.2 Å². The molecule has 3 heterocycles. The van der Waals surface area contributed by atoms with Gasteiger partial charge < -0.3 is 15.3 Å². The van der Waals surface area contributed by atoms with Crippen molar-refractivity contribution in [2.24, 2.45) is 39.9 Å². The molecule has 4 heteroatoms. The summed E-state index contributed by atoms with van der Waals surface area (Å²) >= 11 is 0. The van der Waals surface area contributed by atoms with E-state index in [1.165, 1.54) is 12.8 Å². The van der Waals surface area contributed by atoms with Crippen molar-refractivity contribution in [2.75, 3.05) is 0 Å². The highest BCUT2D eigenvalue weighted by atomic mass is 16.3. The Hall–Kier alpha value is -0.420. The Labute approximate surface area is 142 Å². The monoisotopic (exact) mass is 329 g/mol. The van der Waals surface area contributed by atoms with Crippen molar-refractivity contribution in [3.8, 4) is 0 Å². The van der Waals surface area contributed by atoms with Gasteiger partial charge in [0.1, 0.15) is 6.23 Å². The zero-order chi connectivity index (χ0) is 16.4. The van der Waals surface area contributed by atoms with Crippen LogP contribution in [0.5, 0.6) is 0 Å². The van der Waals surface area contributed by atoms with Crippen LogP contribution in [0.4, 0.5) is 0 Å². The fourth-order valence-electron chi connectivity index (χ4n) is 10.4. The molecule has 6 aliphatic carbocycles. The normalized spacial score (nSPS) is 76.1. The quantitative estimate of drug-likeness (QED) is 0.583. The molecule has 0 amide bonds. The Balaban J connectivity index is 1.54. The molecule has 9 aliphatic rings. The molecule has 0 radical (unpaired) electrons. The van der Waals surface area contributed by atoms with E-state index < -0.39 is 6.10 Å². The Kier molecular flexibility index (Phi) is 1.95. The number of aliphatic hydroxyl groups excluding tert-OH is 3. The molecule has 6 saturated carbocycles. The number of aliphatic hydroxyl groups is 3. The van der Waals surface area contributed by atoms with Crippen molar-refractivity contribution < 1.29 is 15.3 Å². The summed E-state index contributed by atoms with van der Waals surface area (Å²) in [6, 6.07) is 0.699. The number of hydrogen-bond donors (Lipinski definition) is 3. The lowest BCUT2D eigenvalue weighted by atomic mass is 9.40. The van der Waals surface area contributed by atoms with E-state index in [1.807, 2.05) is 0 Å². The zero-order valence-corrected chi connectivity index (χ0v) is 14.2. The van der Waals surface area contributed by atoms with E-state index in [4.69, 9.17) is 0 Å². The molecule has 9 fully saturated rings. The maximum absolute atomic E-state index is 11.2. The minimum absolute atomic E-state index is 0.0185. The third kappa shape index (κ3) is 0.903. The number of rotatable bonds is 0. The van der Waals surface area contributed by atoms with Crippen LogP contribution in [-0.4, -0.2) is 50.7 Å². The van der Waals surface area contributed by atoms with Crippen LogP contribution in [0.1, 0.15) is 39.0 Å². The average molecular weight is 329 g/mol. The van der Waals surface area contributed by atoms with Crippen LogP contribution >= 0.6 is 0 Å². The van der Waals surface area contributed by atoms with Crippen molar-refractivity contribution in [1.82, 2.24) is 4.90 Å². The van der Waals surface area contributed by atoms with E-state index >= 15 is 0 Å². The van der Waals surface area contributed by atoms with Crippen LogP contribution in [0.2, 0.25) is 0 Å². The van der Waals surface area contributed by atoms with Crippen molar-refractivity contribution in [3.63, 3.8) is 0 Å². The first-order valence-corrected chi connectivity index (χ1v) is 9.91. The first kappa shape index (κ1) is 13.7. The van der Waals surface area contributed by atoms with Gasteiger partial charge in [-0.3, -0.25) is 4.90 Å². The predicted octanol–water partition coefficient (Wildman–Crippen LogP) is 1.11. The first-order chi connectivity index (χ1) is 11.4. The lowest BCUT2D eigenvalue weighted by molar-refractivity contribution is -0.203. The van der Waals surface area contributed by atoms with Gasteiger partial charge in [-0.15, -0.1) is 0 Å². The fourth-order valence-corrected chi connectivity index (χ4v) is 10.4. The third-order valence-electron chi connectivity index (χ3n) is 10.6. The summed E-state index contributed by atoms with van der Waals surface area (Å²) in [5, 5.41) is 33.6. The maximum Gasteiger partial charge on any atom is 0.113 e. The van der Waals surface area contributed by atoms with E-state index in [1.54, 1.807) is 0 Å². The van der Waals surface area contributed by atoms with E-state index in [0.29, 0.717) is 17.9 Å². The first-order valence-electron chi connectivity index (χ1n) is 9.91. The molecule has 2 spiro atoms. The van der Waals surface area contributed by atoms with Gasteiger partial charge in [0.15, 0.2) is 0 Å². The number of hydrogen-bond acceptors (Lipinski definition) is 4. The summed E-state index contributed by atoms with van der Waals surface area (Å²) in [7, 11) is 0. The molecule has 24 heavy (non-hydrogen) atoms. The van der Waals surface area contributed by atoms with Gasteiger partial charge in [0, 0.05) is 34.7 Å². The lowest BCUT2D eigenvalue weighted by Crippen LogP contribution is -2.68. The minimum Gasteiger partial charge on any atom is -0.392 e. The number of fused-ring (bicyclic) bond motifs is 1. The summed E-state index contributed by atoms with van der Waals surface area (Å²) in [6.07, 6.45) is 4.37. The van der Waals surface area contributed by atoms with Crippen LogP contribution in [-0.2, 0) is 0 Å². The molecule has 4 nitrogen and oxygen atoms in total. The Morgan fingerprint density at radius 1 is 1.17 bits per heavy atom. The van der Waals surface area contributed by atoms with Crippen LogP contribution in [0.3, 0.4) is 0 Å². The molecule has 0 aromatic rings. The highest BCUT2D eigenvalue weighted by Crippen LogP contribution is 2.87. The van der Waals surface area contributed by atoms with Gasteiger partial charge in [0.2, 0.25) is 0 Å². The SMILES string of the molecule is C=C1[C@@H](O)[C@@]23C[C@H]4[C@@H]5[C@@]6(C)CCC[C@@]57[C@@H]2C[C@@H]1[C@H](O)[C@@H]3[C@H]7N4[C@H]6O. The highest BCUT2D eigenvalue weighted by Gasteiger charge is 2.90. The van der Waals surface area contributed by atoms with Gasteiger partial charge in [-0.2, -0.15) is 0 Å². The second kappa shape index (κ2) is 3.40. The van der Waals surface area contributed by atoms with Gasteiger partial charge in [0.05, 0.1) is 12.2 Å². The molecular formula is C20H27NO3. The smallest absolute Gasteiger partial charge is 0.113 e. The van der Waals surface area contributed by atoms with Gasteiger partial charge in [-0.1, -0.05) is 19.9 Å². The molecule has 130 valence electrons. The average Bonchev–Trinajstić information content (AvgIpc) is 2.94. The Morgan fingerprint density at radius 3 is 2.75 bits per heavy atom. The Morgan fingerprint density at radius 2 is 1.96 bits per heavy atom. The standard InChI is InChI=1S/C20H27NO3/c1-8-9-6-11-19-5-3-4-18(2)14(19)10-7-20(11,16(8)23)12(13(9)22)15(19)21(10)17(18)24/h9-17,22-24H,1,3-7H2,2H3/t9-,10-,11-,12+,13-,14+,15+,16+,17-,18+,19+,20-/m0/s1. The molecule has 0 aromatic heterocycles. The lowest BCUT2D eigenvalue weighted by Gasteiger charge is -2.65. The predicted molar refractivity (Wildman–Crippen MR) is 86.6 cm³/mol. The van der Waals surface area contributed by atoms with E-state index in [-0.39, 0.29) is 46.5 Å². The van der Waals surface area contributed by atoms with E-state index in [0.717, 1.165) is 24.8 Å². The molecule has 3 saturated heterocycles. The molecular weight excluding hydrogens is 302 g/mol. The van der Waals surface area contributed by atoms with Crippen LogP contribution in [0.25, 0.3) is 0 Å². The molecule has 9 rings (SSSR count). The van der Waals surface area contributed by atoms with E-state index in [9.17, 15) is 15.3 Å². The number of nitrogens with zero attached hydrogens (tertiary/aromatic N) is 1. The largest absolute Gasteiger partial charge is 0.392 e. The summed E-state index contributed by atoms with van der Waals surface area (Å²) in [4.78, 5) is 2.43. The maximum atomic E-state index is 11.2. The highest BCUT2D eigenvalue weighted by molar-refractivity contribution is 5.44. The summed E-state index contributed by atoms with van der Waals surface area (Å²) < 4.78 is 0. The zero-order valence-electron chi connectivity index (χ0n) is 14.2. The summed E-state index contributed by atoms with van der Waals surface area (Å²) in [6.45, 7) is 6.51. The fraction of sp³-hybridized carbons (Fsp3) is 0.900. The molecule has 3 N–H and O–H groups in total. The van der Waals surface area contributed by atoms with Crippen molar-refractivity contribution in [2.45, 2.75) is 69.5 Å². The third-order valence-corrected chi connectivity index (χ3v) is 10.6. The van der Waals surface area contributed by atoms with Gasteiger partial charge >= 0.3 is 0 Å². The topological polar surface area (TPSA) is 63.9 Å². The van der Waals surface area contributed by atoms with Gasteiger partial charge in [0.25, 0.3) is 0 Å². The second-order valence-corrected chi connectivity index (χ2v) is 10.5. The van der Waals surface area contributed by atoms with Crippen molar-refractivity contribution >= 4 is 0 Å². The molecule has 0 aromatic carbocycles. The summed E-state index contributed by atoms with van der Waals surface area (Å²) in [5.74, 6) is 1.29. The molecule has 13 atom stereocenters. The van der Waals surface area contributed by atoms with Crippen LogP contribution < -0.4 is 0 Å². The van der Waals surface area contributed by atoms with Crippen molar-refractivity contribution in [3.05, 3.63) is 12.2 Å². The van der Waals surface area contributed by atoms with Crippen molar-refractivity contribution in [1.29, 1.82) is 0 Å². The molecule has 3 aliphatic heterocycles. The van der Waals surface area contributed by atoms with Gasteiger partial charge in [-0.05, 0) is 48.5 Å². The Bertz CT molecular complexity index is 709. The van der Waals surface area contributed by atoms with Gasteiger partial charge in [-0.25, -0.2) is 0 Å².